The van der Waals surface area contributed by atoms with Gasteiger partial charge in [-0.25, -0.2) is 4.98 Å². The quantitative estimate of drug-likeness (QED) is 0.739. The van der Waals surface area contributed by atoms with Crippen LogP contribution in [0.5, 0.6) is 0 Å². The lowest BCUT2D eigenvalue weighted by Gasteiger charge is -2.23. The third-order valence-corrected chi connectivity index (χ3v) is 5.93. The summed E-state index contributed by atoms with van der Waals surface area (Å²) < 4.78 is 0. The smallest absolute Gasteiger partial charge is 0.254 e. The van der Waals surface area contributed by atoms with E-state index in [1.807, 2.05) is 36.1 Å². The van der Waals surface area contributed by atoms with Crippen LogP contribution in [0.2, 0.25) is 0 Å². The number of nitrogens with zero attached hydrogens (tertiary/aromatic N) is 2. The summed E-state index contributed by atoms with van der Waals surface area (Å²) in [6, 6.07) is 8.07. The number of hydrogen-bond donors (Lipinski definition) is 1. The number of halogens is 2. The molecule has 1 aromatic heterocycles. The molecule has 8 heteroatoms. The highest BCUT2D eigenvalue weighted by Gasteiger charge is 2.28. The molecular formula is C17H23Cl2N3OS2. The number of benzene rings is 1. The van der Waals surface area contributed by atoms with Crippen LogP contribution in [0.1, 0.15) is 33.9 Å². The number of likely N-dealkylation sites (tertiary alicyclic amines) is 1. The van der Waals surface area contributed by atoms with Crippen molar-refractivity contribution in [3.8, 4) is 0 Å². The number of aryl methyl sites for hydroxylation is 1. The molecule has 1 saturated heterocycles. The molecule has 1 fully saturated rings. The van der Waals surface area contributed by atoms with E-state index in [1.165, 1.54) is 0 Å². The lowest BCUT2D eigenvalue weighted by atomic mass is 10.1. The Hall–Kier alpha value is -0.790. The van der Waals surface area contributed by atoms with Crippen LogP contribution in [0.15, 0.2) is 34.5 Å². The summed E-state index contributed by atoms with van der Waals surface area (Å²) >= 11 is 3.42. The van der Waals surface area contributed by atoms with Gasteiger partial charge in [-0.1, -0.05) is 0 Å². The minimum Gasteiger partial charge on any atom is -0.334 e. The van der Waals surface area contributed by atoms with Gasteiger partial charge in [0.05, 0.1) is 10.7 Å². The highest BCUT2D eigenvalue weighted by Crippen LogP contribution is 2.25. The first-order chi connectivity index (χ1) is 11.2. The van der Waals surface area contributed by atoms with Gasteiger partial charge in [0.2, 0.25) is 0 Å². The number of carbonyl (C=O) groups excluding carboxylic acids is 1. The molecule has 3 rings (SSSR count). The Morgan fingerprint density at radius 1 is 1.36 bits per heavy atom. The van der Waals surface area contributed by atoms with Crippen LogP contribution in [-0.2, 0) is 5.75 Å². The Kier molecular flexibility index (Phi) is 9.24. The first-order valence-corrected chi connectivity index (χ1v) is 9.69. The molecule has 1 unspecified atom stereocenters. The van der Waals surface area contributed by atoms with Gasteiger partial charge in [-0.3, -0.25) is 4.79 Å². The fourth-order valence-electron chi connectivity index (χ4n) is 2.84. The van der Waals surface area contributed by atoms with Crippen molar-refractivity contribution in [3.63, 3.8) is 0 Å². The summed E-state index contributed by atoms with van der Waals surface area (Å²) in [6.07, 6.45) is 2.07. The zero-order valence-corrected chi connectivity index (χ0v) is 17.3. The van der Waals surface area contributed by atoms with Gasteiger partial charge in [0.1, 0.15) is 0 Å². The number of thiazole rings is 1. The van der Waals surface area contributed by atoms with E-state index in [9.17, 15) is 4.79 Å². The highest BCUT2D eigenvalue weighted by molar-refractivity contribution is 7.98. The van der Waals surface area contributed by atoms with Crippen LogP contribution in [0.4, 0.5) is 0 Å². The lowest BCUT2D eigenvalue weighted by Crippen LogP contribution is -2.39. The van der Waals surface area contributed by atoms with Gasteiger partial charge in [-0.05, 0) is 44.0 Å². The van der Waals surface area contributed by atoms with Crippen molar-refractivity contribution in [2.45, 2.75) is 36.5 Å². The minimum atomic E-state index is 0. The first-order valence-electron chi connectivity index (χ1n) is 7.82. The van der Waals surface area contributed by atoms with Crippen molar-refractivity contribution in [2.24, 2.45) is 5.73 Å². The normalized spacial score (nSPS) is 16.2. The molecule has 2 heterocycles. The van der Waals surface area contributed by atoms with Crippen molar-refractivity contribution in [2.75, 3.05) is 13.1 Å². The summed E-state index contributed by atoms with van der Waals surface area (Å²) in [5.41, 5.74) is 7.62. The summed E-state index contributed by atoms with van der Waals surface area (Å²) in [5, 5.41) is 3.20. The van der Waals surface area contributed by atoms with E-state index in [4.69, 9.17) is 5.73 Å². The van der Waals surface area contributed by atoms with Crippen LogP contribution >= 0.6 is 47.9 Å². The zero-order valence-electron chi connectivity index (χ0n) is 14.0. The molecule has 4 nitrogen and oxygen atoms in total. The molecule has 1 aliphatic rings. The van der Waals surface area contributed by atoms with Crippen LogP contribution in [0.3, 0.4) is 0 Å². The second kappa shape index (κ2) is 10.4. The zero-order chi connectivity index (χ0) is 16.2. The minimum absolute atomic E-state index is 0. The first kappa shape index (κ1) is 22.3. The number of hydrogen-bond acceptors (Lipinski definition) is 5. The van der Waals surface area contributed by atoms with Crippen molar-refractivity contribution < 1.29 is 4.79 Å². The van der Waals surface area contributed by atoms with Crippen molar-refractivity contribution >= 4 is 53.8 Å². The maximum atomic E-state index is 12.6. The molecular weight excluding hydrogens is 397 g/mol. The maximum Gasteiger partial charge on any atom is 0.254 e. The van der Waals surface area contributed by atoms with Gasteiger partial charge in [-0.2, -0.15) is 0 Å². The topological polar surface area (TPSA) is 59.2 Å². The molecule has 1 aromatic carbocycles. The maximum absolute atomic E-state index is 12.6. The fraction of sp³-hybridized carbons (Fsp3) is 0.412. The van der Waals surface area contributed by atoms with Gasteiger partial charge in [0.25, 0.3) is 5.91 Å². The largest absolute Gasteiger partial charge is 0.334 e. The standard InChI is InChI=1S/C17H21N3OS2.2ClH/c1-12-19-14(10-22-12)11-23-16-6-4-13(5-7-16)17(21)20-8-2-3-15(20)9-18;;/h4-7,10,15H,2-3,8-9,11,18H2,1H3;2*1H. The van der Waals surface area contributed by atoms with Crippen molar-refractivity contribution in [1.29, 1.82) is 0 Å². The molecule has 0 radical (unpaired) electrons. The Balaban J connectivity index is 0.00000156. The molecule has 2 aromatic rings. The predicted octanol–water partition coefficient (Wildman–Crippen LogP) is 4.15. The van der Waals surface area contributed by atoms with Gasteiger partial charge in [0, 0.05) is 40.7 Å². The SMILES string of the molecule is Cc1nc(CSc2ccc(C(=O)N3CCCC3CN)cc2)cs1.Cl.Cl. The molecule has 25 heavy (non-hydrogen) atoms. The Morgan fingerprint density at radius 2 is 2.08 bits per heavy atom. The van der Waals surface area contributed by atoms with Crippen molar-refractivity contribution in [1.82, 2.24) is 9.88 Å². The van der Waals surface area contributed by atoms with E-state index < -0.39 is 0 Å². The Morgan fingerprint density at radius 3 is 2.68 bits per heavy atom. The molecule has 0 aliphatic carbocycles. The van der Waals surface area contributed by atoms with Crippen LogP contribution < -0.4 is 5.73 Å². The molecule has 1 aliphatic heterocycles. The fourth-order valence-corrected chi connectivity index (χ4v) is 4.35. The number of thioether (sulfide) groups is 1. The van der Waals surface area contributed by atoms with Crippen molar-refractivity contribution in [3.05, 3.63) is 45.9 Å². The Labute approximate surface area is 169 Å². The number of amides is 1. The molecule has 138 valence electrons. The molecule has 2 N–H and O–H groups in total. The van der Waals surface area contributed by atoms with E-state index in [0.717, 1.165) is 46.3 Å². The van der Waals surface area contributed by atoms with E-state index in [-0.39, 0.29) is 36.8 Å². The van der Waals surface area contributed by atoms with Crippen LogP contribution in [0, 0.1) is 6.92 Å². The second-order valence-corrected chi connectivity index (χ2v) is 7.81. The monoisotopic (exact) mass is 419 g/mol. The van der Waals surface area contributed by atoms with E-state index in [0.29, 0.717) is 6.54 Å². The third kappa shape index (κ3) is 5.59. The molecule has 0 saturated carbocycles. The van der Waals surface area contributed by atoms with Gasteiger partial charge in [0.15, 0.2) is 0 Å². The highest BCUT2D eigenvalue weighted by atomic mass is 35.5. The van der Waals surface area contributed by atoms with E-state index in [2.05, 4.69) is 10.4 Å². The average molecular weight is 420 g/mol. The van der Waals surface area contributed by atoms with Gasteiger partial charge < -0.3 is 10.6 Å². The number of nitrogens with two attached hydrogens (primary N) is 1. The molecule has 1 atom stereocenters. The molecule has 0 spiro atoms. The number of carbonyl (C=O) groups is 1. The molecule has 0 bridgehead atoms. The lowest BCUT2D eigenvalue weighted by molar-refractivity contribution is 0.0741. The average Bonchev–Trinajstić information content (AvgIpc) is 3.21. The van der Waals surface area contributed by atoms with Crippen LogP contribution in [-0.4, -0.2) is 34.9 Å². The summed E-state index contributed by atoms with van der Waals surface area (Å²) in [6.45, 7) is 3.39. The summed E-state index contributed by atoms with van der Waals surface area (Å²) in [5.74, 6) is 0.962. The van der Waals surface area contributed by atoms with Gasteiger partial charge in [-0.15, -0.1) is 47.9 Å². The summed E-state index contributed by atoms with van der Waals surface area (Å²) in [7, 11) is 0. The predicted molar refractivity (Wildman–Crippen MR) is 110 cm³/mol. The molecule has 1 amide bonds. The van der Waals surface area contributed by atoms with Crippen LogP contribution in [0.25, 0.3) is 0 Å². The van der Waals surface area contributed by atoms with E-state index >= 15 is 0 Å². The number of rotatable bonds is 5. The Bertz CT molecular complexity index is 679. The third-order valence-electron chi connectivity index (χ3n) is 4.06. The number of aromatic nitrogens is 1. The van der Waals surface area contributed by atoms with E-state index in [1.54, 1.807) is 23.1 Å². The summed E-state index contributed by atoms with van der Waals surface area (Å²) in [4.78, 5) is 20.1. The van der Waals surface area contributed by atoms with Gasteiger partial charge >= 0.3 is 0 Å². The second-order valence-electron chi connectivity index (χ2n) is 5.70.